The van der Waals surface area contributed by atoms with E-state index in [2.05, 4.69) is 30.6 Å². The van der Waals surface area contributed by atoms with Gasteiger partial charge in [-0.1, -0.05) is 0 Å². The molecule has 5 N–H and O–H groups in total. The number of nitrogen functional groups attached to an aromatic ring is 1. The summed E-state index contributed by atoms with van der Waals surface area (Å²) in [6.45, 7) is 2.03. The predicted molar refractivity (Wildman–Crippen MR) is 78.5 cm³/mol. The molecule has 21 heavy (non-hydrogen) atoms. The second-order valence-corrected chi connectivity index (χ2v) is 4.83. The van der Waals surface area contributed by atoms with Crippen molar-refractivity contribution in [2.75, 3.05) is 17.6 Å². The van der Waals surface area contributed by atoms with Crippen molar-refractivity contribution in [1.82, 2.24) is 29.9 Å². The first-order valence-electron chi connectivity index (χ1n) is 6.48. The summed E-state index contributed by atoms with van der Waals surface area (Å²) >= 11 is 0. The van der Waals surface area contributed by atoms with Gasteiger partial charge >= 0.3 is 0 Å². The standard InChI is InChI=1S/C12H16N8O/c1-6(21)5-14-10-8-9(7-3-4-20(2)19-7)17-18-11(8)16-12(13)15-10/h3-4,6,21H,5H2,1-2H3,(H4,13,14,15,16,17,18)/t6-/m0/s1. The average molecular weight is 288 g/mol. The SMILES string of the molecule is C[C@H](O)CNc1nc(N)nc2n[nH]c(-c3ccn(C)n3)c12. The molecular formula is C12H16N8O. The van der Waals surface area contributed by atoms with Crippen LogP contribution < -0.4 is 11.1 Å². The number of hydrogen-bond acceptors (Lipinski definition) is 7. The molecule has 0 aliphatic carbocycles. The Labute approximate surface area is 120 Å². The molecule has 1 atom stereocenters. The molecule has 0 aliphatic rings. The van der Waals surface area contributed by atoms with E-state index in [1.165, 1.54) is 0 Å². The highest BCUT2D eigenvalue weighted by Crippen LogP contribution is 2.29. The molecule has 0 aromatic carbocycles. The maximum Gasteiger partial charge on any atom is 0.224 e. The minimum Gasteiger partial charge on any atom is -0.392 e. The lowest BCUT2D eigenvalue weighted by molar-refractivity contribution is 0.208. The number of aliphatic hydroxyl groups excluding tert-OH is 1. The van der Waals surface area contributed by atoms with Gasteiger partial charge in [-0.05, 0) is 13.0 Å². The molecule has 3 aromatic rings. The number of rotatable bonds is 4. The predicted octanol–water partition coefficient (Wildman–Crippen LogP) is 0.128. The molecule has 9 heteroatoms. The smallest absolute Gasteiger partial charge is 0.224 e. The van der Waals surface area contributed by atoms with Crippen molar-refractivity contribution in [2.24, 2.45) is 7.05 Å². The zero-order chi connectivity index (χ0) is 15.0. The van der Waals surface area contributed by atoms with E-state index in [0.29, 0.717) is 29.1 Å². The topological polar surface area (TPSA) is 131 Å². The fraction of sp³-hybridized carbons (Fsp3) is 0.333. The zero-order valence-electron chi connectivity index (χ0n) is 11.7. The molecule has 0 spiro atoms. The third-order valence-corrected chi connectivity index (χ3v) is 2.97. The van der Waals surface area contributed by atoms with Crippen LogP contribution in [0.1, 0.15) is 6.92 Å². The average Bonchev–Trinajstić information content (AvgIpc) is 3.01. The van der Waals surface area contributed by atoms with E-state index in [9.17, 15) is 5.11 Å². The maximum absolute atomic E-state index is 9.42. The van der Waals surface area contributed by atoms with Crippen LogP contribution in [0.4, 0.5) is 11.8 Å². The zero-order valence-corrected chi connectivity index (χ0v) is 11.7. The van der Waals surface area contributed by atoms with Crippen LogP contribution in [0.25, 0.3) is 22.4 Å². The summed E-state index contributed by atoms with van der Waals surface area (Å²) in [4.78, 5) is 8.29. The highest BCUT2D eigenvalue weighted by Gasteiger charge is 2.17. The second-order valence-electron chi connectivity index (χ2n) is 4.83. The molecule has 0 aliphatic heterocycles. The number of nitrogens with one attached hydrogen (secondary N) is 2. The Morgan fingerprint density at radius 1 is 1.48 bits per heavy atom. The summed E-state index contributed by atoms with van der Waals surface area (Å²) in [5.41, 5.74) is 7.58. The lowest BCUT2D eigenvalue weighted by atomic mass is 10.2. The molecule has 0 saturated carbocycles. The van der Waals surface area contributed by atoms with Gasteiger partial charge in [-0.15, -0.1) is 0 Å². The molecule has 0 radical (unpaired) electrons. The summed E-state index contributed by atoms with van der Waals surface area (Å²) in [6.07, 6.45) is 1.32. The molecular weight excluding hydrogens is 272 g/mol. The lowest BCUT2D eigenvalue weighted by Gasteiger charge is -2.09. The first kappa shape index (κ1) is 13.3. The number of aryl methyl sites for hydroxylation is 1. The number of nitrogens with zero attached hydrogens (tertiary/aromatic N) is 5. The monoisotopic (exact) mass is 288 g/mol. The van der Waals surface area contributed by atoms with Crippen molar-refractivity contribution >= 4 is 22.8 Å². The molecule has 3 aromatic heterocycles. The van der Waals surface area contributed by atoms with Crippen LogP contribution in [-0.2, 0) is 7.05 Å². The molecule has 3 heterocycles. The fourth-order valence-corrected chi connectivity index (χ4v) is 2.05. The molecule has 3 rings (SSSR count). The van der Waals surface area contributed by atoms with Gasteiger partial charge in [0.15, 0.2) is 5.65 Å². The van der Waals surface area contributed by atoms with Crippen molar-refractivity contribution in [3.8, 4) is 11.4 Å². The normalized spacial score (nSPS) is 12.7. The third kappa shape index (κ3) is 2.50. The van der Waals surface area contributed by atoms with Crippen LogP contribution in [0.15, 0.2) is 12.3 Å². The molecule has 0 unspecified atom stereocenters. The van der Waals surface area contributed by atoms with Crippen LogP contribution in [0.5, 0.6) is 0 Å². The largest absolute Gasteiger partial charge is 0.392 e. The van der Waals surface area contributed by atoms with Crippen molar-refractivity contribution < 1.29 is 5.11 Å². The van der Waals surface area contributed by atoms with Gasteiger partial charge in [0.1, 0.15) is 11.5 Å². The third-order valence-electron chi connectivity index (χ3n) is 2.97. The van der Waals surface area contributed by atoms with Crippen molar-refractivity contribution in [3.63, 3.8) is 0 Å². The van der Waals surface area contributed by atoms with Gasteiger partial charge in [0.05, 0.1) is 17.2 Å². The maximum atomic E-state index is 9.42. The lowest BCUT2D eigenvalue weighted by Crippen LogP contribution is -2.16. The molecule has 110 valence electrons. The van der Waals surface area contributed by atoms with Gasteiger partial charge in [0.2, 0.25) is 5.95 Å². The van der Waals surface area contributed by atoms with E-state index in [-0.39, 0.29) is 5.95 Å². The number of aliphatic hydroxyl groups is 1. The van der Waals surface area contributed by atoms with Gasteiger partial charge in [-0.3, -0.25) is 9.78 Å². The van der Waals surface area contributed by atoms with E-state index in [4.69, 9.17) is 5.73 Å². The molecule has 0 saturated heterocycles. The molecule has 9 nitrogen and oxygen atoms in total. The number of aromatic amines is 1. The Kier molecular flexibility index (Phi) is 3.18. The van der Waals surface area contributed by atoms with Crippen LogP contribution >= 0.6 is 0 Å². The number of H-pyrrole nitrogens is 1. The Morgan fingerprint density at radius 2 is 2.29 bits per heavy atom. The van der Waals surface area contributed by atoms with Crippen molar-refractivity contribution in [2.45, 2.75) is 13.0 Å². The Balaban J connectivity index is 2.13. The van der Waals surface area contributed by atoms with Crippen LogP contribution in [-0.4, -0.2) is 47.7 Å². The minimum atomic E-state index is -0.513. The molecule has 0 bridgehead atoms. The van der Waals surface area contributed by atoms with Crippen LogP contribution in [0.3, 0.4) is 0 Å². The number of anilines is 2. The number of nitrogens with two attached hydrogens (primary N) is 1. The van der Waals surface area contributed by atoms with Gasteiger partial charge in [-0.2, -0.15) is 20.2 Å². The van der Waals surface area contributed by atoms with Gasteiger partial charge < -0.3 is 16.2 Å². The van der Waals surface area contributed by atoms with Gasteiger partial charge in [0, 0.05) is 19.8 Å². The van der Waals surface area contributed by atoms with E-state index in [1.807, 2.05) is 19.3 Å². The highest BCUT2D eigenvalue weighted by atomic mass is 16.3. The number of hydrogen-bond donors (Lipinski definition) is 4. The summed E-state index contributed by atoms with van der Waals surface area (Å²) in [6, 6.07) is 1.86. The summed E-state index contributed by atoms with van der Waals surface area (Å²) < 4.78 is 1.70. The summed E-state index contributed by atoms with van der Waals surface area (Å²) in [7, 11) is 1.84. The van der Waals surface area contributed by atoms with Crippen molar-refractivity contribution in [1.29, 1.82) is 0 Å². The first-order valence-corrected chi connectivity index (χ1v) is 6.48. The van der Waals surface area contributed by atoms with E-state index >= 15 is 0 Å². The Bertz CT molecular complexity index is 775. The second kappa shape index (κ2) is 5.02. The number of aromatic nitrogens is 6. The van der Waals surface area contributed by atoms with Crippen molar-refractivity contribution in [3.05, 3.63) is 12.3 Å². The summed E-state index contributed by atoms with van der Waals surface area (Å²) in [5, 5.41) is 24.6. The Morgan fingerprint density at radius 3 is 2.95 bits per heavy atom. The van der Waals surface area contributed by atoms with Gasteiger partial charge in [0.25, 0.3) is 0 Å². The van der Waals surface area contributed by atoms with Crippen LogP contribution in [0.2, 0.25) is 0 Å². The Hall–Kier alpha value is -2.68. The van der Waals surface area contributed by atoms with E-state index in [1.54, 1.807) is 11.6 Å². The molecule has 0 amide bonds. The quantitative estimate of drug-likeness (QED) is 0.536. The summed E-state index contributed by atoms with van der Waals surface area (Å²) in [5.74, 6) is 0.641. The number of fused-ring (bicyclic) bond motifs is 1. The van der Waals surface area contributed by atoms with Crippen LogP contribution in [0, 0.1) is 0 Å². The minimum absolute atomic E-state index is 0.120. The molecule has 0 fully saturated rings. The van der Waals surface area contributed by atoms with E-state index < -0.39 is 6.10 Å². The van der Waals surface area contributed by atoms with E-state index in [0.717, 1.165) is 5.69 Å². The fourth-order valence-electron chi connectivity index (χ4n) is 2.05. The first-order chi connectivity index (χ1) is 10.0. The highest BCUT2D eigenvalue weighted by molar-refractivity contribution is 5.98. The van der Waals surface area contributed by atoms with Gasteiger partial charge in [-0.25, -0.2) is 0 Å².